The molecule has 66 valence electrons. The number of nitrogens with zero attached hydrogens (tertiary/aromatic N) is 1. The molecule has 0 saturated heterocycles. The van der Waals surface area contributed by atoms with Gasteiger partial charge in [-0.25, -0.2) is 0 Å². The minimum Gasteiger partial charge on any atom is -0.468 e. The lowest BCUT2D eigenvalue weighted by Crippen LogP contribution is -2.39. The first-order chi connectivity index (χ1) is 5.17. The second-order valence-electron chi connectivity index (χ2n) is 2.42. The molecule has 11 heavy (non-hydrogen) atoms. The summed E-state index contributed by atoms with van der Waals surface area (Å²) in [6.07, 6.45) is 0. The molecule has 0 spiro atoms. The highest BCUT2D eigenvalue weighted by Crippen LogP contribution is 1.99. The van der Waals surface area contributed by atoms with Gasteiger partial charge in [-0.2, -0.15) is 0 Å². The van der Waals surface area contributed by atoms with Crippen LogP contribution in [0.1, 0.15) is 20.8 Å². The number of carbonyl (C=O) groups excluding carboxylic acids is 1. The number of likely N-dealkylation sites (N-methyl/N-ethyl adjacent to an activating group) is 1. The molecular weight excluding hydrogens is 142 g/mol. The Bertz CT molecular complexity index is 121. The third-order valence-corrected chi connectivity index (χ3v) is 1.90. The van der Waals surface area contributed by atoms with Crippen LogP contribution in [0.4, 0.5) is 0 Å². The van der Waals surface area contributed by atoms with Gasteiger partial charge < -0.3 is 4.74 Å². The molecule has 3 nitrogen and oxygen atoms in total. The SMILES string of the molecule is CCN(CC)[C@@H](C)C(=O)OC. The Morgan fingerprint density at radius 3 is 2.18 bits per heavy atom. The summed E-state index contributed by atoms with van der Waals surface area (Å²) in [6, 6.07) is -0.116. The second kappa shape index (κ2) is 5.13. The van der Waals surface area contributed by atoms with Crippen LogP contribution in [0.2, 0.25) is 0 Å². The summed E-state index contributed by atoms with van der Waals surface area (Å²) < 4.78 is 4.62. The maximum absolute atomic E-state index is 11.0. The molecule has 0 aromatic rings. The Morgan fingerprint density at radius 1 is 1.45 bits per heavy atom. The number of carbonyl (C=O) groups is 1. The minimum absolute atomic E-state index is 0.116. The number of rotatable bonds is 4. The van der Waals surface area contributed by atoms with E-state index < -0.39 is 0 Å². The zero-order chi connectivity index (χ0) is 8.85. The monoisotopic (exact) mass is 159 g/mol. The number of esters is 1. The summed E-state index contributed by atoms with van der Waals surface area (Å²) in [4.78, 5) is 13.1. The van der Waals surface area contributed by atoms with E-state index in [-0.39, 0.29) is 12.0 Å². The molecule has 0 heterocycles. The summed E-state index contributed by atoms with van der Waals surface area (Å²) in [5.74, 6) is -0.159. The van der Waals surface area contributed by atoms with Crippen molar-refractivity contribution in [2.24, 2.45) is 0 Å². The van der Waals surface area contributed by atoms with Gasteiger partial charge in [-0.15, -0.1) is 0 Å². The van der Waals surface area contributed by atoms with E-state index >= 15 is 0 Å². The zero-order valence-electron chi connectivity index (χ0n) is 7.76. The number of ether oxygens (including phenoxy) is 1. The van der Waals surface area contributed by atoms with Gasteiger partial charge in [-0.3, -0.25) is 9.69 Å². The average molecular weight is 159 g/mol. The minimum atomic E-state index is -0.159. The van der Waals surface area contributed by atoms with E-state index in [0.29, 0.717) is 0 Å². The van der Waals surface area contributed by atoms with Gasteiger partial charge >= 0.3 is 5.97 Å². The Balaban J connectivity index is 3.97. The van der Waals surface area contributed by atoms with Crippen LogP contribution in [-0.2, 0) is 9.53 Å². The summed E-state index contributed by atoms with van der Waals surface area (Å²) >= 11 is 0. The fourth-order valence-electron chi connectivity index (χ4n) is 1.09. The number of methoxy groups -OCH3 is 1. The third kappa shape index (κ3) is 2.89. The molecule has 0 rings (SSSR count). The standard InChI is InChI=1S/C8H17NO2/c1-5-9(6-2)7(3)8(10)11-4/h7H,5-6H2,1-4H3/t7-/m0/s1. The highest BCUT2D eigenvalue weighted by atomic mass is 16.5. The molecule has 0 bridgehead atoms. The van der Waals surface area contributed by atoms with Gasteiger partial charge in [-0.05, 0) is 20.0 Å². The highest BCUT2D eigenvalue weighted by Gasteiger charge is 2.18. The molecule has 0 amide bonds. The normalized spacial score (nSPS) is 13.2. The lowest BCUT2D eigenvalue weighted by Gasteiger charge is -2.23. The first-order valence-corrected chi connectivity index (χ1v) is 3.99. The summed E-state index contributed by atoms with van der Waals surface area (Å²) in [5, 5.41) is 0. The van der Waals surface area contributed by atoms with Gasteiger partial charge in [0.2, 0.25) is 0 Å². The highest BCUT2D eigenvalue weighted by molar-refractivity contribution is 5.75. The fourth-order valence-corrected chi connectivity index (χ4v) is 1.09. The van der Waals surface area contributed by atoms with Crippen LogP contribution in [-0.4, -0.2) is 37.1 Å². The van der Waals surface area contributed by atoms with Crippen molar-refractivity contribution in [3.63, 3.8) is 0 Å². The van der Waals surface area contributed by atoms with Gasteiger partial charge in [0, 0.05) is 0 Å². The predicted octanol–water partition coefficient (Wildman–Crippen LogP) is 0.890. The molecule has 0 aromatic carbocycles. The quantitative estimate of drug-likeness (QED) is 0.570. The summed E-state index contributed by atoms with van der Waals surface area (Å²) in [5.41, 5.74) is 0. The van der Waals surface area contributed by atoms with Gasteiger partial charge in [-0.1, -0.05) is 13.8 Å². The van der Waals surface area contributed by atoms with Gasteiger partial charge in [0.1, 0.15) is 6.04 Å². The predicted molar refractivity (Wildman–Crippen MR) is 44.4 cm³/mol. The summed E-state index contributed by atoms with van der Waals surface area (Å²) in [6.45, 7) is 7.68. The Kier molecular flexibility index (Phi) is 4.86. The smallest absolute Gasteiger partial charge is 0.322 e. The fraction of sp³-hybridized carbons (Fsp3) is 0.875. The van der Waals surface area contributed by atoms with Gasteiger partial charge in [0.05, 0.1) is 7.11 Å². The lowest BCUT2D eigenvalue weighted by atomic mass is 10.3. The largest absolute Gasteiger partial charge is 0.468 e. The van der Waals surface area contributed by atoms with Crippen LogP contribution in [0.5, 0.6) is 0 Å². The third-order valence-electron chi connectivity index (χ3n) is 1.90. The van der Waals surface area contributed by atoms with E-state index in [2.05, 4.69) is 4.74 Å². The van der Waals surface area contributed by atoms with Crippen molar-refractivity contribution in [2.45, 2.75) is 26.8 Å². The molecule has 0 aliphatic carbocycles. The van der Waals surface area contributed by atoms with E-state index in [1.807, 2.05) is 25.7 Å². The Morgan fingerprint density at radius 2 is 1.91 bits per heavy atom. The van der Waals surface area contributed by atoms with Crippen LogP contribution >= 0.6 is 0 Å². The lowest BCUT2D eigenvalue weighted by molar-refractivity contribution is -0.146. The van der Waals surface area contributed by atoms with Crippen LogP contribution < -0.4 is 0 Å². The van der Waals surface area contributed by atoms with Crippen molar-refractivity contribution >= 4 is 5.97 Å². The van der Waals surface area contributed by atoms with Crippen LogP contribution in [0, 0.1) is 0 Å². The van der Waals surface area contributed by atoms with Crippen molar-refractivity contribution in [1.29, 1.82) is 0 Å². The average Bonchev–Trinajstić information content (AvgIpc) is 2.05. The van der Waals surface area contributed by atoms with E-state index in [1.165, 1.54) is 7.11 Å². The zero-order valence-corrected chi connectivity index (χ0v) is 7.76. The summed E-state index contributed by atoms with van der Waals surface area (Å²) in [7, 11) is 1.42. The van der Waals surface area contributed by atoms with E-state index in [9.17, 15) is 4.79 Å². The number of hydrogen-bond donors (Lipinski definition) is 0. The Labute approximate surface area is 68.3 Å². The molecule has 0 radical (unpaired) electrons. The van der Waals surface area contributed by atoms with Gasteiger partial charge in [0.25, 0.3) is 0 Å². The Hall–Kier alpha value is -0.570. The second-order valence-corrected chi connectivity index (χ2v) is 2.42. The maximum atomic E-state index is 11.0. The molecule has 0 aliphatic rings. The van der Waals surface area contributed by atoms with Crippen LogP contribution in [0.25, 0.3) is 0 Å². The molecule has 0 unspecified atom stereocenters. The maximum Gasteiger partial charge on any atom is 0.322 e. The molecular formula is C8H17NO2. The van der Waals surface area contributed by atoms with Crippen molar-refractivity contribution < 1.29 is 9.53 Å². The van der Waals surface area contributed by atoms with E-state index in [4.69, 9.17) is 0 Å². The molecule has 0 aliphatic heterocycles. The van der Waals surface area contributed by atoms with E-state index in [1.54, 1.807) is 0 Å². The van der Waals surface area contributed by atoms with E-state index in [0.717, 1.165) is 13.1 Å². The topological polar surface area (TPSA) is 29.5 Å². The van der Waals surface area contributed by atoms with Crippen molar-refractivity contribution in [3.8, 4) is 0 Å². The number of hydrogen-bond acceptors (Lipinski definition) is 3. The van der Waals surface area contributed by atoms with Crippen LogP contribution in [0.3, 0.4) is 0 Å². The van der Waals surface area contributed by atoms with Crippen molar-refractivity contribution in [3.05, 3.63) is 0 Å². The molecule has 0 aromatic heterocycles. The first kappa shape index (κ1) is 10.4. The van der Waals surface area contributed by atoms with Gasteiger partial charge in [0.15, 0.2) is 0 Å². The van der Waals surface area contributed by atoms with Crippen LogP contribution in [0.15, 0.2) is 0 Å². The molecule has 1 atom stereocenters. The first-order valence-electron chi connectivity index (χ1n) is 3.99. The van der Waals surface area contributed by atoms with Crippen molar-refractivity contribution in [1.82, 2.24) is 4.90 Å². The molecule has 0 saturated carbocycles. The molecule has 0 N–H and O–H groups in total. The molecule has 3 heteroatoms. The van der Waals surface area contributed by atoms with Crippen molar-refractivity contribution in [2.75, 3.05) is 20.2 Å². The molecule has 0 fully saturated rings.